The van der Waals surface area contributed by atoms with Crippen LogP contribution < -0.4 is 5.32 Å². The molecule has 0 aromatic heterocycles. The second-order valence-electron chi connectivity index (χ2n) is 6.86. The summed E-state index contributed by atoms with van der Waals surface area (Å²) in [6, 6.07) is 0.873. The number of aliphatic hydroxyl groups excluding tert-OH is 1. The second-order valence-corrected chi connectivity index (χ2v) is 6.86. The lowest BCUT2D eigenvalue weighted by Gasteiger charge is -2.31. The van der Waals surface area contributed by atoms with Crippen LogP contribution in [0.4, 0.5) is 0 Å². The van der Waals surface area contributed by atoms with E-state index in [1.54, 1.807) is 0 Å². The molecular weight excluding hydrogens is 236 g/mol. The molecule has 3 nitrogen and oxygen atoms in total. The second kappa shape index (κ2) is 7.05. The van der Waals surface area contributed by atoms with Gasteiger partial charge in [0.05, 0.1) is 6.61 Å². The van der Waals surface area contributed by atoms with E-state index in [2.05, 4.69) is 17.1 Å². The molecule has 0 aromatic carbocycles. The van der Waals surface area contributed by atoms with Crippen molar-refractivity contribution in [1.82, 2.24) is 10.2 Å². The molecule has 3 heteroatoms. The fourth-order valence-electron chi connectivity index (χ4n) is 3.96. The molecule has 2 fully saturated rings. The van der Waals surface area contributed by atoms with E-state index in [1.165, 1.54) is 58.0 Å². The van der Waals surface area contributed by atoms with Gasteiger partial charge in [-0.05, 0) is 71.5 Å². The maximum atomic E-state index is 9.43. The Bertz CT molecular complexity index is 259. The van der Waals surface area contributed by atoms with Gasteiger partial charge in [-0.15, -0.1) is 0 Å². The average Bonchev–Trinajstić information content (AvgIpc) is 3.08. The largest absolute Gasteiger partial charge is 0.394 e. The zero-order valence-corrected chi connectivity index (χ0v) is 12.8. The lowest BCUT2D eigenvalue weighted by atomic mass is 9.94. The number of hydrogen-bond acceptors (Lipinski definition) is 3. The van der Waals surface area contributed by atoms with E-state index < -0.39 is 0 Å². The van der Waals surface area contributed by atoms with Crippen LogP contribution in [0.3, 0.4) is 0 Å². The van der Waals surface area contributed by atoms with Gasteiger partial charge in [0.15, 0.2) is 0 Å². The van der Waals surface area contributed by atoms with Crippen LogP contribution in [0.25, 0.3) is 0 Å². The van der Waals surface area contributed by atoms with Crippen LogP contribution in [0.5, 0.6) is 0 Å². The van der Waals surface area contributed by atoms with Crippen molar-refractivity contribution >= 4 is 0 Å². The number of likely N-dealkylation sites (tertiary alicyclic amines) is 1. The number of nitrogens with zero attached hydrogens (tertiary/aromatic N) is 1. The van der Waals surface area contributed by atoms with Gasteiger partial charge in [-0.1, -0.05) is 12.8 Å². The Kier molecular flexibility index (Phi) is 5.67. The number of aliphatic hydroxyl groups is 1. The first kappa shape index (κ1) is 15.3. The minimum Gasteiger partial charge on any atom is -0.394 e. The van der Waals surface area contributed by atoms with Gasteiger partial charge in [-0.3, -0.25) is 0 Å². The molecule has 1 heterocycles. The van der Waals surface area contributed by atoms with Crippen molar-refractivity contribution in [1.29, 1.82) is 0 Å². The van der Waals surface area contributed by atoms with Crippen LogP contribution >= 0.6 is 0 Å². The molecule has 0 spiro atoms. The summed E-state index contributed by atoms with van der Waals surface area (Å²) in [5.74, 6) is 0.982. The molecule has 2 N–H and O–H groups in total. The summed E-state index contributed by atoms with van der Waals surface area (Å²) in [4.78, 5) is 2.74. The molecule has 2 unspecified atom stereocenters. The van der Waals surface area contributed by atoms with Crippen LogP contribution in [0.2, 0.25) is 0 Å². The molecule has 2 aliphatic rings. The minimum atomic E-state index is -0.0947. The molecule has 2 atom stereocenters. The summed E-state index contributed by atoms with van der Waals surface area (Å²) >= 11 is 0. The SMILES string of the molecule is CNC(C)(CO)CCCN1CCCC1C1CCCC1. The van der Waals surface area contributed by atoms with E-state index in [9.17, 15) is 5.11 Å². The van der Waals surface area contributed by atoms with Crippen molar-refractivity contribution in [3.05, 3.63) is 0 Å². The van der Waals surface area contributed by atoms with Crippen LogP contribution in [0, 0.1) is 5.92 Å². The number of hydrogen-bond donors (Lipinski definition) is 2. The first-order valence-corrected chi connectivity index (χ1v) is 8.22. The highest BCUT2D eigenvalue weighted by atomic mass is 16.3. The van der Waals surface area contributed by atoms with Gasteiger partial charge < -0.3 is 15.3 Å². The first-order chi connectivity index (χ1) is 9.18. The van der Waals surface area contributed by atoms with Gasteiger partial charge in [0.25, 0.3) is 0 Å². The highest BCUT2D eigenvalue weighted by Crippen LogP contribution is 2.35. The first-order valence-electron chi connectivity index (χ1n) is 8.22. The van der Waals surface area contributed by atoms with Crippen molar-refractivity contribution in [3.8, 4) is 0 Å². The summed E-state index contributed by atoms with van der Waals surface area (Å²) in [6.07, 6.45) is 10.9. The number of rotatable bonds is 7. The average molecular weight is 268 g/mol. The minimum absolute atomic E-state index is 0.0947. The Balaban J connectivity index is 1.75. The molecule has 0 bridgehead atoms. The molecule has 1 aliphatic carbocycles. The van der Waals surface area contributed by atoms with Crippen molar-refractivity contribution in [2.45, 2.75) is 69.9 Å². The van der Waals surface area contributed by atoms with Crippen molar-refractivity contribution in [2.24, 2.45) is 5.92 Å². The summed E-state index contributed by atoms with van der Waals surface area (Å²) in [5, 5.41) is 12.7. The summed E-state index contributed by atoms with van der Waals surface area (Å²) < 4.78 is 0. The van der Waals surface area contributed by atoms with Gasteiger partial charge in [0, 0.05) is 11.6 Å². The highest BCUT2D eigenvalue weighted by molar-refractivity contribution is 4.88. The maximum Gasteiger partial charge on any atom is 0.0610 e. The number of likely N-dealkylation sites (N-methyl/N-ethyl adjacent to an activating group) is 1. The zero-order chi connectivity index (χ0) is 13.7. The molecular formula is C16H32N2O. The Morgan fingerprint density at radius 1 is 1.21 bits per heavy atom. The Hall–Kier alpha value is -0.120. The van der Waals surface area contributed by atoms with Gasteiger partial charge in [-0.25, -0.2) is 0 Å². The smallest absolute Gasteiger partial charge is 0.0610 e. The lowest BCUT2D eigenvalue weighted by molar-refractivity contribution is 0.151. The van der Waals surface area contributed by atoms with E-state index in [0.29, 0.717) is 0 Å². The Morgan fingerprint density at radius 3 is 2.58 bits per heavy atom. The lowest BCUT2D eigenvalue weighted by Crippen LogP contribution is -2.44. The molecule has 19 heavy (non-hydrogen) atoms. The molecule has 1 saturated carbocycles. The van der Waals surface area contributed by atoms with E-state index in [0.717, 1.165) is 18.4 Å². The molecule has 112 valence electrons. The Morgan fingerprint density at radius 2 is 1.95 bits per heavy atom. The third-order valence-electron chi connectivity index (χ3n) is 5.48. The molecule has 0 amide bonds. The topological polar surface area (TPSA) is 35.5 Å². The predicted molar refractivity (Wildman–Crippen MR) is 80.3 cm³/mol. The molecule has 0 aromatic rings. The fraction of sp³-hybridized carbons (Fsp3) is 1.00. The monoisotopic (exact) mass is 268 g/mol. The summed E-state index contributed by atoms with van der Waals surface area (Å²) in [7, 11) is 1.95. The highest BCUT2D eigenvalue weighted by Gasteiger charge is 2.33. The van der Waals surface area contributed by atoms with E-state index in [4.69, 9.17) is 0 Å². The molecule has 2 rings (SSSR count). The van der Waals surface area contributed by atoms with Crippen LogP contribution in [-0.2, 0) is 0 Å². The van der Waals surface area contributed by atoms with E-state index in [1.807, 2.05) is 7.05 Å². The van der Waals surface area contributed by atoms with Gasteiger partial charge in [-0.2, -0.15) is 0 Å². The van der Waals surface area contributed by atoms with Gasteiger partial charge in [0.1, 0.15) is 0 Å². The van der Waals surface area contributed by atoms with Gasteiger partial charge in [0.2, 0.25) is 0 Å². The molecule has 0 radical (unpaired) electrons. The third-order valence-corrected chi connectivity index (χ3v) is 5.48. The third kappa shape index (κ3) is 3.93. The molecule has 1 saturated heterocycles. The summed E-state index contributed by atoms with van der Waals surface area (Å²) in [5.41, 5.74) is -0.0947. The van der Waals surface area contributed by atoms with E-state index in [-0.39, 0.29) is 12.1 Å². The Labute approximate surface area is 118 Å². The standard InChI is InChI=1S/C16H32N2O/c1-16(13-19,17-2)10-6-12-18-11-5-9-15(18)14-7-3-4-8-14/h14-15,17,19H,3-13H2,1-2H3. The van der Waals surface area contributed by atoms with Crippen LogP contribution in [-0.4, -0.2) is 48.3 Å². The zero-order valence-electron chi connectivity index (χ0n) is 12.8. The van der Waals surface area contributed by atoms with Crippen molar-refractivity contribution < 1.29 is 5.11 Å². The molecule has 1 aliphatic heterocycles. The van der Waals surface area contributed by atoms with Crippen LogP contribution in [0.1, 0.15) is 58.3 Å². The summed E-state index contributed by atoms with van der Waals surface area (Å²) in [6.45, 7) is 4.87. The van der Waals surface area contributed by atoms with Gasteiger partial charge >= 0.3 is 0 Å². The predicted octanol–water partition coefficient (Wildman–Crippen LogP) is 2.39. The van der Waals surface area contributed by atoms with Crippen molar-refractivity contribution in [2.75, 3.05) is 26.7 Å². The number of nitrogens with one attached hydrogen (secondary N) is 1. The van der Waals surface area contributed by atoms with Crippen LogP contribution in [0.15, 0.2) is 0 Å². The normalized spacial score (nSPS) is 28.9. The quantitative estimate of drug-likeness (QED) is 0.744. The van der Waals surface area contributed by atoms with E-state index >= 15 is 0 Å². The maximum absolute atomic E-state index is 9.43. The van der Waals surface area contributed by atoms with Crippen molar-refractivity contribution in [3.63, 3.8) is 0 Å². The fourth-order valence-corrected chi connectivity index (χ4v) is 3.96.